The first kappa shape index (κ1) is 28.3. The zero-order chi connectivity index (χ0) is 31.0. The van der Waals surface area contributed by atoms with Crippen LogP contribution >= 0.6 is 0 Å². The van der Waals surface area contributed by atoms with E-state index < -0.39 is 29.4 Å². The zero-order valence-corrected chi connectivity index (χ0v) is 24.5. The molecule has 2 bridgehead atoms. The second kappa shape index (κ2) is 10.5. The number of anilines is 1. The Bertz CT molecular complexity index is 1900. The van der Waals surface area contributed by atoms with Gasteiger partial charge in [-0.25, -0.2) is 13.2 Å². The van der Waals surface area contributed by atoms with Gasteiger partial charge in [0.15, 0.2) is 5.82 Å². The summed E-state index contributed by atoms with van der Waals surface area (Å²) >= 11 is 0. The van der Waals surface area contributed by atoms with Gasteiger partial charge in [-0.2, -0.15) is 9.97 Å². The molecule has 8 rings (SSSR count). The first-order chi connectivity index (χ1) is 21.7. The second-order valence-corrected chi connectivity index (χ2v) is 13.1. The molecule has 5 atom stereocenters. The monoisotopic (exact) mass is 615 g/mol. The third kappa shape index (κ3) is 4.57. The molecule has 4 fully saturated rings. The van der Waals surface area contributed by atoms with Crippen LogP contribution in [-0.4, -0.2) is 80.2 Å². The van der Waals surface area contributed by atoms with E-state index in [0.717, 1.165) is 25.8 Å². The number of alkyl halides is 1. The molecular formula is C34H32F3N5O3. The number of benzene rings is 2. The minimum absolute atomic E-state index is 0.00894. The highest BCUT2D eigenvalue weighted by Crippen LogP contribution is 2.44. The number of fused-ring (bicyclic) bond motifs is 5. The second-order valence-electron chi connectivity index (χ2n) is 13.1. The molecule has 1 aliphatic carbocycles. The van der Waals surface area contributed by atoms with Crippen LogP contribution in [0.1, 0.15) is 44.1 Å². The van der Waals surface area contributed by atoms with Gasteiger partial charge in [0, 0.05) is 42.7 Å². The van der Waals surface area contributed by atoms with Crippen molar-refractivity contribution < 1.29 is 28.1 Å². The van der Waals surface area contributed by atoms with Crippen molar-refractivity contribution >= 4 is 27.5 Å². The topological polar surface area (TPSA) is 94.8 Å². The van der Waals surface area contributed by atoms with Crippen LogP contribution in [0.2, 0.25) is 0 Å². The lowest BCUT2D eigenvalue weighted by atomic mass is 9.88. The van der Waals surface area contributed by atoms with Crippen molar-refractivity contribution in [2.75, 3.05) is 31.1 Å². The lowest BCUT2D eigenvalue weighted by Gasteiger charge is -2.31. The van der Waals surface area contributed by atoms with E-state index in [1.807, 2.05) is 0 Å². The van der Waals surface area contributed by atoms with Crippen LogP contribution in [0, 0.1) is 29.9 Å². The highest BCUT2D eigenvalue weighted by Gasteiger charge is 2.49. The summed E-state index contributed by atoms with van der Waals surface area (Å²) in [6, 6.07) is 5.39. The summed E-state index contributed by atoms with van der Waals surface area (Å²) in [6.07, 6.45) is 10.1. The molecule has 2 aromatic carbocycles. The maximum Gasteiger partial charge on any atom is 0.319 e. The van der Waals surface area contributed by atoms with E-state index in [4.69, 9.17) is 16.1 Å². The Morgan fingerprint density at radius 3 is 2.84 bits per heavy atom. The Hall–Kier alpha value is -4.14. The number of hydrogen-bond acceptors (Lipinski definition) is 8. The number of halogens is 3. The summed E-state index contributed by atoms with van der Waals surface area (Å²) in [4.78, 5) is 18.0. The highest BCUT2D eigenvalue weighted by atomic mass is 19.1. The number of aromatic hydroxyl groups is 1. The molecule has 2 aromatic heterocycles. The molecule has 232 valence electrons. The molecule has 5 heterocycles. The molecule has 45 heavy (non-hydrogen) atoms. The third-order valence-corrected chi connectivity index (χ3v) is 10.2. The summed E-state index contributed by atoms with van der Waals surface area (Å²) in [5.41, 5.74) is -0.604. The fourth-order valence-electron chi connectivity index (χ4n) is 8.36. The van der Waals surface area contributed by atoms with Crippen molar-refractivity contribution in [3.05, 3.63) is 47.7 Å². The molecule has 0 amide bonds. The number of phenolic OH excluding ortho intramolecular Hbond substituents is 1. The number of aromatic nitrogens is 3. The molecule has 3 saturated heterocycles. The van der Waals surface area contributed by atoms with E-state index in [1.54, 1.807) is 0 Å². The SMILES string of the molecule is C#Cc1c(F)ccc2cc(O)cc(-c3ncc4c(N5CC6CC(O)CC5C6)nc(OCC56CCCN5C[C@H](F)C6)nc4c3F)c12. The minimum Gasteiger partial charge on any atom is -0.508 e. The first-order valence-corrected chi connectivity index (χ1v) is 15.5. The number of rotatable bonds is 5. The number of phenols is 1. The molecule has 0 radical (unpaired) electrons. The number of terminal acetylenes is 1. The maximum absolute atomic E-state index is 16.8. The number of aliphatic hydroxyl groups is 1. The minimum atomic E-state index is -0.932. The summed E-state index contributed by atoms with van der Waals surface area (Å²) in [7, 11) is 0. The largest absolute Gasteiger partial charge is 0.508 e. The van der Waals surface area contributed by atoms with E-state index in [2.05, 4.69) is 25.7 Å². The zero-order valence-electron chi connectivity index (χ0n) is 24.5. The average molecular weight is 616 g/mol. The van der Waals surface area contributed by atoms with Gasteiger partial charge in [0.1, 0.15) is 41.4 Å². The molecule has 3 aliphatic heterocycles. The van der Waals surface area contributed by atoms with Crippen molar-refractivity contribution in [1.82, 2.24) is 19.9 Å². The van der Waals surface area contributed by atoms with Gasteiger partial charge >= 0.3 is 6.01 Å². The van der Waals surface area contributed by atoms with Gasteiger partial charge in [-0.1, -0.05) is 12.0 Å². The van der Waals surface area contributed by atoms with E-state index in [1.165, 1.54) is 30.5 Å². The van der Waals surface area contributed by atoms with Crippen molar-refractivity contribution in [2.45, 2.75) is 62.4 Å². The van der Waals surface area contributed by atoms with Crippen LogP contribution in [-0.2, 0) is 0 Å². The number of ether oxygens (including phenoxy) is 1. The Morgan fingerprint density at radius 2 is 2.00 bits per heavy atom. The molecule has 8 nitrogen and oxygen atoms in total. The predicted molar refractivity (Wildman–Crippen MR) is 163 cm³/mol. The number of aliphatic hydroxyl groups excluding tert-OH is 1. The van der Waals surface area contributed by atoms with Gasteiger partial charge in [0.2, 0.25) is 0 Å². The Labute approximate surface area is 257 Å². The maximum atomic E-state index is 16.8. The van der Waals surface area contributed by atoms with Crippen molar-refractivity contribution in [1.29, 1.82) is 0 Å². The lowest BCUT2D eigenvalue weighted by Crippen LogP contribution is -2.43. The summed E-state index contributed by atoms with van der Waals surface area (Å²) in [5.74, 6) is 1.48. The number of hydrogen-bond donors (Lipinski definition) is 2. The molecular weight excluding hydrogens is 583 g/mol. The highest BCUT2D eigenvalue weighted by molar-refractivity contribution is 6.03. The van der Waals surface area contributed by atoms with Crippen molar-refractivity contribution in [3.8, 4) is 35.4 Å². The van der Waals surface area contributed by atoms with E-state index in [0.29, 0.717) is 48.9 Å². The van der Waals surface area contributed by atoms with Gasteiger partial charge in [0.25, 0.3) is 0 Å². The third-order valence-electron chi connectivity index (χ3n) is 10.2. The van der Waals surface area contributed by atoms with Crippen molar-refractivity contribution in [3.63, 3.8) is 0 Å². The Kier molecular flexibility index (Phi) is 6.59. The molecule has 1 saturated carbocycles. The van der Waals surface area contributed by atoms with Crippen LogP contribution in [0.3, 0.4) is 0 Å². The summed E-state index contributed by atoms with van der Waals surface area (Å²) in [5, 5.41) is 22.0. The molecule has 4 aliphatic rings. The molecule has 2 N–H and O–H groups in total. The summed E-state index contributed by atoms with van der Waals surface area (Å²) in [6.45, 7) is 1.98. The van der Waals surface area contributed by atoms with Gasteiger partial charge < -0.3 is 19.8 Å². The Balaban J connectivity index is 1.28. The number of pyridine rings is 1. The van der Waals surface area contributed by atoms with Crippen LogP contribution in [0.15, 0.2) is 30.5 Å². The quantitative estimate of drug-likeness (QED) is 0.299. The number of nitrogens with zero attached hydrogens (tertiary/aromatic N) is 5. The first-order valence-electron chi connectivity index (χ1n) is 15.5. The predicted octanol–water partition coefficient (Wildman–Crippen LogP) is 5.11. The molecule has 11 heteroatoms. The smallest absolute Gasteiger partial charge is 0.319 e. The van der Waals surface area contributed by atoms with Gasteiger partial charge in [-0.05, 0) is 68.2 Å². The summed E-state index contributed by atoms with van der Waals surface area (Å²) < 4.78 is 52.3. The fraction of sp³-hybridized carbons (Fsp3) is 0.441. The molecule has 4 unspecified atom stereocenters. The van der Waals surface area contributed by atoms with Crippen molar-refractivity contribution in [2.24, 2.45) is 5.92 Å². The lowest BCUT2D eigenvalue weighted by molar-refractivity contribution is 0.107. The molecule has 4 aromatic rings. The van der Waals surface area contributed by atoms with Crippen LogP contribution in [0.4, 0.5) is 19.0 Å². The van der Waals surface area contributed by atoms with Crippen LogP contribution < -0.4 is 9.64 Å². The van der Waals surface area contributed by atoms with Gasteiger partial charge in [-0.3, -0.25) is 9.88 Å². The Morgan fingerprint density at radius 1 is 1.13 bits per heavy atom. The fourth-order valence-corrected chi connectivity index (χ4v) is 8.36. The van der Waals surface area contributed by atoms with Gasteiger partial charge in [0.05, 0.1) is 22.6 Å². The van der Waals surface area contributed by atoms with E-state index in [-0.39, 0.29) is 58.1 Å². The van der Waals surface area contributed by atoms with E-state index in [9.17, 15) is 19.0 Å². The molecule has 0 spiro atoms. The average Bonchev–Trinajstić information content (AvgIpc) is 3.64. The van der Waals surface area contributed by atoms with Crippen LogP contribution in [0.5, 0.6) is 11.8 Å². The van der Waals surface area contributed by atoms with E-state index >= 15 is 4.39 Å². The van der Waals surface area contributed by atoms with Gasteiger partial charge in [-0.15, -0.1) is 6.42 Å². The normalized spacial score (nSPS) is 27.8. The standard InChI is InChI=1S/C34H32F3N5O3/c1-2-24-27(36)5-4-19-10-23(44)12-25(28(19)24)30-29(37)31-26(14-38-30)32(42-15-18-8-21(42)11-22(43)9-18)40-33(39-31)45-17-34-6-3-7-41(34)16-20(35)13-34/h1,4-5,10,12,14,18,20-22,43-44H,3,6-9,11,13,15-17H2/t18?,20-,21?,22?,34?/m1/s1. The van der Waals surface area contributed by atoms with Crippen LogP contribution in [0.25, 0.3) is 32.9 Å².